The average molecular weight is 1250 g/mol. The van der Waals surface area contributed by atoms with E-state index in [-0.39, 0.29) is 51.7 Å². The zero-order valence-corrected chi connectivity index (χ0v) is 59.8. The molecule has 4 heterocycles. The number of benzene rings is 10. The number of anilines is 6. The molecule has 0 saturated heterocycles. The predicted molar refractivity (Wildman–Crippen MR) is 409 cm³/mol. The van der Waals surface area contributed by atoms with Crippen molar-refractivity contribution >= 4 is 98.4 Å². The van der Waals surface area contributed by atoms with E-state index in [1.165, 1.54) is 143 Å². The summed E-state index contributed by atoms with van der Waals surface area (Å²) in [6.45, 7) is 42.9. The van der Waals surface area contributed by atoms with E-state index in [0.717, 1.165) is 5.69 Å². The van der Waals surface area contributed by atoms with Crippen LogP contribution >= 0.6 is 23.5 Å². The topological polar surface area (TPSA) is 6.48 Å². The van der Waals surface area contributed by atoms with Crippen molar-refractivity contribution in [1.82, 2.24) is 0 Å². The second kappa shape index (κ2) is 22.5. The SMILES string of the molecule is C[C@@H]1B2c3cc4c(cc3N(c3c(-c5ccccc5)cccc3-c3ccccc3)c3cc(-c5cc(C(C)(C)C)cc(C(C)(C)C)c5)cc(c32)S/C=C/C1(C)C)N(c1ccccc1)c1cc(-c2cc(C(C)(C)C)cc(C(C)(C)C)c2)cc2c1B4c1ccc(C(C)(C)C)cc1S2. The van der Waals surface area contributed by atoms with Crippen molar-refractivity contribution < 1.29 is 0 Å². The monoisotopic (exact) mass is 1250 g/mol. The summed E-state index contributed by atoms with van der Waals surface area (Å²) >= 11 is 3.88. The molecule has 10 aromatic carbocycles. The van der Waals surface area contributed by atoms with Gasteiger partial charge in [0, 0.05) is 54.3 Å². The Morgan fingerprint density at radius 1 is 0.366 bits per heavy atom. The van der Waals surface area contributed by atoms with Crippen LogP contribution in [0.5, 0.6) is 0 Å². The van der Waals surface area contributed by atoms with Crippen molar-refractivity contribution in [3.8, 4) is 44.5 Å². The first-order valence-electron chi connectivity index (χ1n) is 33.8. The van der Waals surface area contributed by atoms with E-state index in [4.69, 9.17) is 0 Å². The van der Waals surface area contributed by atoms with Crippen molar-refractivity contribution in [3.05, 3.63) is 239 Å². The second-order valence-corrected chi connectivity index (χ2v) is 34.9. The first-order chi connectivity index (χ1) is 43.9. The van der Waals surface area contributed by atoms with Gasteiger partial charge in [0.2, 0.25) is 13.4 Å². The van der Waals surface area contributed by atoms with Gasteiger partial charge in [0.15, 0.2) is 0 Å². The van der Waals surface area contributed by atoms with Crippen LogP contribution in [0.4, 0.5) is 34.1 Å². The standard InChI is InChI=1S/C87H90B2N2S2/c1-54-87(17,18)39-40-92-77-47-59(57-41-62(83(5,6)7)49-63(42-57)84(8,9)10)46-75-79(77)88(54)70-52-71-72(53-73(70)91(75)81-67(55-29-22-19-23-30-55)35-28-36-68(81)56-31-24-20-25-32-56)90(66-33-26-21-27-34-66)74-45-60(58-43-64(85(11,12)13)50-65(44-58)86(14,15)16)48-78-80(74)89(71)69-38-37-61(82(2,3)4)51-76(69)93-78/h19-54H,1-18H3/b40-39+/t54-/m0/s1. The van der Waals surface area contributed by atoms with Crippen LogP contribution in [0, 0.1) is 5.41 Å². The molecule has 6 heteroatoms. The lowest BCUT2D eigenvalue weighted by molar-refractivity contribution is 0.457. The predicted octanol–water partition coefficient (Wildman–Crippen LogP) is 22.0. The summed E-state index contributed by atoms with van der Waals surface area (Å²) in [6.07, 6.45) is 2.51. The molecular formula is C87H90B2N2S2. The quantitative estimate of drug-likeness (QED) is 0.153. The molecule has 4 aliphatic heterocycles. The minimum absolute atomic E-state index is 0.0179. The third kappa shape index (κ3) is 11.2. The Kier molecular flexibility index (Phi) is 15.2. The minimum atomic E-state index is -0.165. The molecule has 466 valence electrons. The molecule has 0 unspecified atom stereocenters. The Bertz CT molecular complexity index is 4520. The molecule has 0 radical (unpaired) electrons. The first-order valence-corrected chi connectivity index (χ1v) is 35.5. The van der Waals surface area contributed by atoms with Gasteiger partial charge in [-0.25, -0.2) is 0 Å². The highest BCUT2D eigenvalue weighted by molar-refractivity contribution is 8.02. The van der Waals surface area contributed by atoms with E-state index >= 15 is 0 Å². The zero-order valence-electron chi connectivity index (χ0n) is 58.2. The van der Waals surface area contributed by atoms with Gasteiger partial charge >= 0.3 is 0 Å². The Morgan fingerprint density at radius 2 is 0.828 bits per heavy atom. The molecule has 0 aliphatic carbocycles. The number of fused-ring (bicyclic) bond motifs is 6. The third-order valence-corrected chi connectivity index (χ3v) is 22.8. The lowest BCUT2D eigenvalue weighted by atomic mass is 9.27. The molecule has 0 spiro atoms. The molecule has 2 nitrogen and oxygen atoms in total. The fourth-order valence-electron chi connectivity index (χ4n) is 14.8. The van der Waals surface area contributed by atoms with Gasteiger partial charge in [0.25, 0.3) is 0 Å². The second-order valence-electron chi connectivity index (χ2n) is 32.9. The Morgan fingerprint density at radius 3 is 1.33 bits per heavy atom. The van der Waals surface area contributed by atoms with E-state index in [2.05, 4.69) is 346 Å². The molecule has 0 amide bonds. The summed E-state index contributed by atoms with van der Waals surface area (Å²) in [4.78, 5) is 9.40. The van der Waals surface area contributed by atoms with Crippen molar-refractivity contribution in [3.63, 3.8) is 0 Å². The van der Waals surface area contributed by atoms with Gasteiger partial charge in [-0.1, -0.05) is 317 Å². The summed E-state index contributed by atoms with van der Waals surface area (Å²) in [5.41, 5.74) is 30.2. The van der Waals surface area contributed by atoms with Gasteiger partial charge in [-0.3, -0.25) is 0 Å². The Balaban J connectivity index is 1.15. The average Bonchev–Trinajstić information content (AvgIpc) is 0.692. The maximum atomic E-state index is 2.76. The largest absolute Gasteiger partial charge is 0.311 e. The van der Waals surface area contributed by atoms with Crippen LogP contribution in [0.25, 0.3) is 44.5 Å². The molecule has 0 bridgehead atoms. The first kappa shape index (κ1) is 62.8. The fraction of sp³-hybridized carbons (Fsp3) is 0.287. The molecule has 0 saturated carbocycles. The Hall–Kier alpha value is -7.63. The van der Waals surface area contributed by atoms with Crippen LogP contribution in [0.1, 0.15) is 152 Å². The fourth-order valence-corrected chi connectivity index (χ4v) is 17.2. The van der Waals surface area contributed by atoms with Gasteiger partial charge in [-0.2, -0.15) is 0 Å². The minimum Gasteiger partial charge on any atom is -0.311 e. The van der Waals surface area contributed by atoms with E-state index in [1.54, 1.807) is 0 Å². The van der Waals surface area contributed by atoms with Crippen LogP contribution in [-0.2, 0) is 27.1 Å². The zero-order chi connectivity index (χ0) is 65.6. The number of allylic oxidation sites excluding steroid dienone is 1. The number of hydrogen-bond acceptors (Lipinski definition) is 4. The lowest BCUT2D eigenvalue weighted by Gasteiger charge is -2.47. The normalized spacial score (nSPS) is 16.2. The molecule has 93 heavy (non-hydrogen) atoms. The maximum Gasteiger partial charge on any atom is 0.249 e. The van der Waals surface area contributed by atoms with E-state index in [9.17, 15) is 0 Å². The van der Waals surface area contributed by atoms with Gasteiger partial charge in [0.05, 0.1) is 5.69 Å². The van der Waals surface area contributed by atoms with Crippen LogP contribution in [0.2, 0.25) is 5.82 Å². The molecule has 10 aromatic rings. The molecule has 14 rings (SSSR count). The summed E-state index contributed by atoms with van der Waals surface area (Å²) in [7, 11) is 0. The maximum absolute atomic E-state index is 2.76. The van der Waals surface area contributed by atoms with Crippen LogP contribution in [0.15, 0.2) is 226 Å². The molecule has 1 atom stereocenters. The molecule has 4 aliphatic rings. The molecule has 0 N–H and O–H groups in total. The molecule has 0 aromatic heterocycles. The lowest BCUT2D eigenvalue weighted by Crippen LogP contribution is -2.62. The number of nitrogens with zero attached hydrogens (tertiary/aromatic N) is 2. The highest BCUT2D eigenvalue weighted by Crippen LogP contribution is 2.54. The van der Waals surface area contributed by atoms with E-state index < -0.39 is 0 Å². The van der Waals surface area contributed by atoms with Gasteiger partial charge in [0.1, 0.15) is 0 Å². The summed E-state index contributed by atoms with van der Waals surface area (Å²) in [5, 5.41) is 2.41. The number of rotatable bonds is 6. The summed E-state index contributed by atoms with van der Waals surface area (Å²) < 4.78 is 0. The molecule has 0 fully saturated rings. The molecular weight excluding hydrogens is 1160 g/mol. The van der Waals surface area contributed by atoms with Crippen molar-refractivity contribution in [2.24, 2.45) is 5.41 Å². The van der Waals surface area contributed by atoms with E-state index in [0.29, 0.717) is 0 Å². The highest BCUT2D eigenvalue weighted by atomic mass is 32.2. The smallest absolute Gasteiger partial charge is 0.249 e. The van der Waals surface area contributed by atoms with Crippen molar-refractivity contribution in [2.45, 2.75) is 172 Å². The number of thioether (sulfide) groups is 1. The number of hydrogen-bond donors (Lipinski definition) is 0. The number of para-hydroxylation sites is 2. The van der Waals surface area contributed by atoms with Crippen LogP contribution in [-0.4, -0.2) is 13.4 Å². The van der Waals surface area contributed by atoms with Crippen molar-refractivity contribution in [2.75, 3.05) is 9.80 Å². The van der Waals surface area contributed by atoms with E-state index in [1.807, 2.05) is 23.5 Å². The summed E-state index contributed by atoms with van der Waals surface area (Å²) in [6, 6.07) is 78.7. The van der Waals surface area contributed by atoms with Crippen molar-refractivity contribution in [1.29, 1.82) is 0 Å². The third-order valence-electron chi connectivity index (χ3n) is 20.8. The van der Waals surface area contributed by atoms with Crippen LogP contribution < -0.4 is 37.1 Å². The highest BCUT2D eigenvalue weighted by Gasteiger charge is 2.49. The van der Waals surface area contributed by atoms with Gasteiger partial charge in [-0.05, 0) is 170 Å². The Labute approximate surface area is 565 Å². The van der Waals surface area contributed by atoms with Crippen LogP contribution in [0.3, 0.4) is 0 Å². The summed E-state index contributed by atoms with van der Waals surface area (Å²) in [5.74, 6) is 0.191. The van der Waals surface area contributed by atoms with Gasteiger partial charge < -0.3 is 9.80 Å². The van der Waals surface area contributed by atoms with Gasteiger partial charge in [-0.15, -0.1) is 0 Å².